The topological polar surface area (TPSA) is 24.5 Å². The summed E-state index contributed by atoms with van der Waals surface area (Å²) in [5.41, 5.74) is 0.391. The predicted molar refractivity (Wildman–Crippen MR) is 78.3 cm³/mol. The summed E-state index contributed by atoms with van der Waals surface area (Å²) < 4.78 is 5.74. The van der Waals surface area contributed by atoms with E-state index in [0.717, 1.165) is 38.3 Å². The molecule has 0 aromatic rings. The zero-order valence-electron chi connectivity index (χ0n) is 12.5. The molecule has 0 bridgehead atoms. The minimum absolute atomic E-state index is 0.391. The lowest BCUT2D eigenvalue weighted by Gasteiger charge is -2.38. The van der Waals surface area contributed by atoms with Gasteiger partial charge >= 0.3 is 0 Å². The highest BCUT2D eigenvalue weighted by Crippen LogP contribution is 2.39. The maximum absolute atomic E-state index is 5.74. The minimum Gasteiger partial charge on any atom is -0.381 e. The quantitative estimate of drug-likeness (QED) is 0.826. The zero-order valence-corrected chi connectivity index (χ0v) is 12.5. The first-order chi connectivity index (χ1) is 9.33. The van der Waals surface area contributed by atoms with E-state index in [0.29, 0.717) is 5.41 Å². The lowest BCUT2D eigenvalue weighted by molar-refractivity contribution is 0.0875. The molecule has 0 aromatic carbocycles. The van der Waals surface area contributed by atoms with Crippen molar-refractivity contribution in [2.75, 3.05) is 39.4 Å². The molecule has 3 unspecified atom stereocenters. The van der Waals surface area contributed by atoms with Gasteiger partial charge in [-0.2, -0.15) is 0 Å². The van der Waals surface area contributed by atoms with Crippen LogP contribution < -0.4 is 5.32 Å². The molecule has 1 N–H and O–H groups in total. The molecule has 110 valence electrons. The van der Waals surface area contributed by atoms with Gasteiger partial charge in [-0.15, -0.1) is 0 Å². The first kappa shape index (κ1) is 13.8. The van der Waals surface area contributed by atoms with Crippen molar-refractivity contribution in [2.45, 2.75) is 51.5 Å². The van der Waals surface area contributed by atoms with E-state index in [1.807, 2.05) is 0 Å². The number of rotatable bonds is 5. The zero-order chi connectivity index (χ0) is 13.1. The Bertz CT molecular complexity index is 288. The van der Waals surface area contributed by atoms with Gasteiger partial charge in [0.05, 0.1) is 6.61 Å². The Morgan fingerprint density at radius 2 is 2.16 bits per heavy atom. The molecule has 2 saturated heterocycles. The highest BCUT2D eigenvalue weighted by Gasteiger charge is 2.42. The van der Waals surface area contributed by atoms with Crippen molar-refractivity contribution in [3.63, 3.8) is 0 Å². The fraction of sp³-hybridized carbons (Fsp3) is 1.00. The fourth-order valence-electron chi connectivity index (χ4n) is 4.49. The van der Waals surface area contributed by atoms with E-state index in [1.54, 1.807) is 0 Å². The third-order valence-electron chi connectivity index (χ3n) is 5.60. The van der Waals surface area contributed by atoms with Crippen molar-refractivity contribution in [2.24, 2.45) is 11.3 Å². The Balaban J connectivity index is 1.61. The van der Waals surface area contributed by atoms with Crippen molar-refractivity contribution in [1.82, 2.24) is 10.2 Å². The average Bonchev–Trinajstić information content (AvgIpc) is 3.06. The molecule has 2 heterocycles. The molecular formula is C16H30N2O. The standard InChI is InChI=1S/C16H30N2O/c1-2-17-11-16(8-10-19-13-16)12-18-9-7-14-5-3-4-6-15(14)18/h14-15,17H,2-13H2,1H3. The van der Waals surface area contributed by atoms with Crippen LogP contribution in [0.3, 0.4) is 0 Å². The molecule has 0 spiro atoms. The first-order valence-corrected chi connectivity index (χ1v) is 8.35. The van der Waals surface area contributed by atoms with E-state index in [2.05, 4.69) is 17.1 Å². The van der Waals surface area contributed by atoms with Crippen LogP contribution in [-0.4, -0.2) is 50.3 Å². The summed E-state index contributed by atoms with van der Waals surface area (Å²) in [4.78, 5) is 2.82. The highest BCUT2D eigenvalue weighted by molar-refractivity contribution is 4.95. The number of nitrogens with zero attached hydrogens (tertiary/aromatic N) is 1. The molecule has 3 fully saturated rings. The van der Waals surface area contributed by atoms with E-state index >= 15 is 0 Å². The average molecular weight is 266 g/mol. The lowest BCUT2D eigenvalue weighted by atomic mass is 9.83. The second-order valence-electron chi connectivity index (χ2n) is 6.95. The summed E-state index contributed by atoms with van der Waals surface area (Å²) in [6, 6.07) is 0.896. The Morgan fingerprint density at radius 3 is 2.95 bits per heavy atom. The van der Waals surface area contributed by atoms with Crippen molar-refractivity contribution in [3.05, 3.63) is 0 Å². The van der Waals surface area contributed by atoms with Gasteiger partial charge in [-0.1, -0.05) is 19.8 Å². The van der Waals surface area contributed by atoms with Gasteiger partial charge in [-0.3, -0.25) is 4.90 Å². The molecule has 3 aliphatic rings. The van der Waals surface area contributed by atoms with Crippen LogP contribution in [0.1, 0.15) is 45.4 Å². The van der Waals surface area contributed by atoms with E-state index < -0.39 is 0 Å². The third kappa shape index (κ3) is 2.98. The molecule has 3 atom stereocenters. The van der Waals surface area contributed by atoms with Gasteiger partial charge in [0.15, 0.2) is 0 Å². The second kappa shape index (κ2) is 6.11. The van der Waals surface area contributed by atoms with E-state index in [-0.39, 0.29) is 0 Å². The van der Waals surface area contributed by atoms with Crippen molar-refractivity contribution < 1.29 is 4.74 Å². The molecule has 0 radical (unpaired) electrons. The van der Waals surface area contributed by atoms with Crippen LogP contribution in [-0.2, 0) is 4.74 Å². The number of likely N-dealkylation sites (tertiary alicyclic amines) is 1. The van der Waals surface area contributed by atoms with Crippen molar-refractivity contribution >= 4 is 0 Å². The summed E-state index contributed by atoms with van der Waals surface area (Å²) in [6.07, 6.45) is 8.55. The molecule has 1 saturated carbocycles. The molecule has 0 aromatic heterocycles. The first-order valence-electron chi connectivity index (χ1n) is 8.35. The summed E-state index contributed by atoms with van der Waals surface area (Å²) >= 11 is 0. The fourth-order valence-corrected chi connectivity index (χ4v) is 4.49. The SMILES string of the molecule is CCNCC1(CN2CCC3CCCCC32)CCOC1. The molecule has 1 aliphatic carbocycles. The second-order valence-corrected chi connectivity index (χ2v) is 6.95. The number of nitrogens with one attached hydrogen (secondary N) is 1. The van der Waals surface area contributed by atoms with Gasteiger partial charge < -0.3 is 10.1 Å². The third-order valence-corrected chi connectivity index (χ3v) is 5.60. The molecule has 3 nitrogen and oxygen atoms in total. The smallest absolute Gasteiger partial charge is 0.0547 e. The van der Waals surface area contributed by atoms with Crippen LogP contribution in [0.4, 0.5) is 0 Å². The van der Waals surface area contributed by atoms with Crippen molar-refractivity contribution in [3.8, 4) is 0 Å². The lowest BCUT2D eigenvalue weighted by Crippen LogP contribution is -2.47. The normalized spacial score (nSPS) is 39.6. The van der Waals surface area contributed by atoms with Gasteiger partial charge in [0.25, 0.3) is 0 Å². The number of fused-ring (bicyclic) bond motifs is 1. The largest absolute Gasteiger partial charge is 0.381 e. The minimum atomic E-state index is 0.391. The molecule has 3 heteroatoms. The molecule has 19 heavy (non-hydrogen) atoms. The number of ether oxygens (including phenoxy) is 1. The molecule has 3 rings (SSSR count). The summed E-state index contributed by atoms with van der Waals surface area (Å²) in [7, 11) is 0. The molecule has 0 amide bonds. The maximum Gasteiger partial charge on any atom is 0.0547 e. The van der Waals surface area contributed by atoms with Crippen LogP contribution >= 0.6 is 0 Å². The monoisotopic (exact) mass is 266 g/mol. The van der Waals surface area contributed by atoms with Gasteiger partial charge in [-0.05, 0) is 44.7 Å². The predicted octanol–water partition coefficient (Wildman–Crippen LogP) is 2.27. The Kier molecular flexibility index (Phi) is 4.45. The van der Waals surface area contributed by atoms with Crippen LogP contribution in [0, 0.1) is 11.3 Å². The Labute approximate surface area is 118 Å². The maximum atomic E-state index is 5.74. The van der Waals surface area contributed by atoms with Crippen LogP contribution in [0.2, 0.25) is 0 Å². The van der Waals surface area contributed by atoms with E-state index in [9.17, 15) is 0 Å². The highest BCUT2D eigenvalue weighted by atomic mass is 16.5. The summed E-state index contributed by atoms with van der Waals surface area (Å²) in [5.74, 6) is 1.01. The van der Waals surface area contributed by atoms with E-state index in [1.165, 1.54) is 51.6 Å². The summed E-state index contributed by atoms with van der Waals surface area (Å²) in [6.45, 7) is 8.95. The van der Waals surface area contributed by atoms with E-state index in [4.69, 9.17) is 4.74 Å². The van der Waals surface area contributed by atoms with Crippen LogP contribution in [0.15, 0.2) is 0 Å². The molecular weight excluding hydrogens is 236 g/mol. The number of hydrogen-bond acceptors (Lipinski definition) is 3. The van der Waals surface area contributed by atoms with Crippen molar-refractivity contribution in [1.29, 1.82) is 0 Å². The van der Waals surface area contributed by atoms with Crippen LogP contribution in [0.5, 0.6) is 0 Å². The van der Waals surface area contributed by atoms with Gasteiger partial charge in [-0.25, -0.2) is 0 Å². The number of hydrogen-bond donors (Lipinski definition) is 1. The van der Waals surface area contributed by atoms with Gasteiger partial charge in [0.1, 0.15) is 0 Å². The van der Waals surface area contributed by atoms with Gasteiger partial charge in [0, 0.05) is 31.2 Å². The van der Waals surface area contributed by atoms with Gasteiger partial charge in [0.2, 0.25) is 0 Å². The Morgan fingerprint density at radius 1 is 1.26 bits per heavy atom. The van der Waals surface area contributed by atoms with Crippen LogP contribution in [0.25, 0.3) is 0 Å². The summed E-state index contributed by atoms with van der Waals surface area (Å²) in [5, 5.41) is 3.57. The molecule has 2 aliphatic heterocycles. The Hall–Kier alpha value is -0.120.